The second kappa shape index (κ2) is 3.25. The molecule has 1 heterocycles. The van der Waals surface area contributed by atoms with E-state index in [0.29, 0.717) is 5.56 Å². The molecule has 0 radical (unpaired) electrons. The van der Waals surface area contributed by atoms with Crippen molar-refractivity contribution in [3.8, 4) is 0 Å². The minimum absolute atomic E-state index is 0.425. The molecule has 1 aromatic heterocycles. The van der Waals surface area contributed by atoms with E-state index in [-0.39, 0.29) is 0 Å². The summed E-state index contributed by atoms with van der Waals surface area (Å²) in [6.07, 6.45) is 0. The zero-order valence-corrected chi connectivity index (χ0v) is 7.28. The summed E-state index contributed by atoms with van der Waals surface area (Å²) >= 11 is 3.93. The monoisotopic (exact) mass is 222 g/mol. The molecule has 1 aromatic rings. The highest BCUT2D eigenvalue weighted by Crippen LogP contribution is 2.13. The predicted molar refractivity (Wildman–Crippen MR) is 42.5 cm³/mol. The van der Waals surface area contributed by atoms with Gasteiger partial charge in [-0.3, -0.25) is 4.79 Å². The Labute approximate surface area is 70.0 Å². The number of carbonyl (C=O) groups excluding carboxylic acids is 1. The molecule has 0 amide bonds. The molecule has 4 heteroatoms. The first-order valence-electron chi connectivity index (χ1n) is 2.56. The van der Waals surface area contributed by atoms with Crippen molar-refractivity contribution >= 4 is 33.0 Å². The molecule has 0 fully saturated rings. The van der Waals surface area contributed by atoms with Crippen LogP contribution in [0, 0.1) is 0 Å². The third kappa shape index (κ3) is 1.64. The molecule has 0 aliphatic carbocycles. The summed E-state index contributed by atoms with van der Waals surface area (Å²) in [5.41, 5.74) is 0.425. The van der Waals surface area contributed by atoms with Crippen LogP contribution in [0.1, 0.15) is 10.4 Å². The largest absolute Gasteiger partial charge is 0.290 e. The number of Topliss-reactive ketones (excluding diaryl/α,β-unsaturated/α-hetero) is 1. The van der Waals surface area contributed by atoms with Gasteiger partial charge in [-0.2, -0.15) is 11.3 Å². The number of alkyl halides is 2. The quantitative estimate of drug-likeness (QED) is 0.556. The third-order valence-electron chi connectivity index (χ3n) is 1.00. The van der Waals surface area contributed by atoms with Crippen molar-refractivity contribution in [3.05, 3.63) is 22.4 Å². The van der Waals surface area contributed by atoms with Crippen molar-refractivity contribution in [2.75, 3.05) is 0 Å². The van der Waals surface area contributed by atoms with Crippen LogP contribution in [0.3, 0.4) is 0 Å². The number of thiophene rings is 1. The maximum absolute atomic E-state index is 12.2. The van der Waals surface area contributed by atoms with Crippen LogP contribution < -0.4 is 0 Å². The summed E-state index contributed by atoms with van der Waals surface area (Å²) in [4.78, 5) is 10.8. The van der Waals surface area contributed by atoms with E-state index in [0.717, 1.165) is 0 Å². The Bertz CT molecular complexity index is 220. The Kier molecular flexibility index (Phi) is 2.56. The average Bonchev–Trinajstić information content (AvgIpc) is 2.36. The zero-order chi connectivity index (χ0) is 7.56. The van der Waals surface area contributed by atoms with Gasteiger partial charge in [-0.25, -0.2) is 4.39 Å². The second-order valence-corrected chi connectivity index (χ2v) is 3.26. The van der Waals surface area contributed by atoms with Crippen molar-refractivity contribution in [1.29, 1.82) is 0 Å². The van der Waals surface area contributed by atoms with Gasteiger partial charge in [-0.05, 0) is 27.4 Å². The van der Waals surface area contributed by atoms with Gasteiger partial charge >= 0.3 is 0 Å². The van der Waals surface area contributed by atoms with Crippen LogP contribution in [0.25, 0.3) is 0 Å². The molecule has 0 saturated heterocycles. The first kappa shape index (κ1) is 7.88. The highest BCUT2D eigenvalue weighted by molar-refractivity contribution is 9.09. The smallest absolute Gasteiger partial charge is 0.217 e. The lowest BCUT2D eigenvalue weighted by atomic mass is 10.2. The van der Waals surface area contributed by atoms with E-state index in [9.17, 15) is 9.18 Å². The SMILES string of the molecule is O=C(c1ccsc1)C(F)Br. The molecular weight excluding hydrogens is 219 g/mol. The van der Waals surface area contributed by atoms with Gasteiger partial charge in [-0.1, -0.05) is 0 Å². The number of halogens is 2. The van der Waals surface area contributed by atoms with E-state index in [1.165, 1.54) is 11.3 Å². The Balaban J connectivity index is 2.78. The van der Waals surface area contributed by atoms with Crippen molar-refractivity contribution in [3.63, 3.8) is 0 Å². The van der Waals surface area contributed by atoms with Crippen LogP contribution in [-0.4, -0.2) is 10.9 Å². The number of rotatable bonds is 2. The summed E-state index contributed by atoms with van der Waals surface area (Å²) < 4.78 is 12.2. The fraction of sp³-hybridized carbons (Fsp3) is 0.167. The molecule has 0 aliphatic rings. The Morgan fingerprint density at radius 1 is 1.80 bits per heavy atom. The molecule has 54 valence electrons. The van der Waals surface area contributed by atoms with Gasteiger partial charge in [0.25, 0.3) is 0 Å². The Morgan fingerprint density at radius 2 is 2.50 bits per heavy atom. The van der Waals surface area contributed by atoms with Crippen LogP contribution in [0.15, 0.2) is 16.8 Å². The van der Waals surface area contributed by atoms with Crippen LogP contribution in [-0.2, 0) is 0 Å². The second-order valence-electron chi connectivity index (χ2n) is 1.68. The molecular formula is C6H4BrFOS. The summed E-state index contributed by atoms with van der Waals surface area (Å²) in [6, 6.07) is 1.60. The molecule has 1 atom stereocenters. The first-order valence-corrected chi connectivity index (χ1v) is 4.42. The van der Waals surface area contributed by atoms with E-state index in [1.807, 2.05) is 0 Å². The molecule has 0 saturated carbocycles. The summed E-state index contributed by atoms with van der Waals surface area (Å²) in [5, 5.41) is 1.79. The fourth-order valence-electron chi connectivity index (χ4n) is 0.531. The highest BCUT2D eigenvalue weighted by atomic mass is 79.9. The van der Waals surface area contributed by atoms with Crippen molar-refractivity contribution < 1.29 is 9.18 Å². The normalized spacial score (nSPS) is 13.0. The molecule has 0 spiro atoms. The molecule has 0 N–H and O–H groups in total. The van der Waals surface area contributed by atoms with E-state index < -0.39 is 10.9 Å². The third-order valence-corrected chi connectivity index (χ3v) is 2.10. The van der Waals surface area contributed by atoms with Gasteiger partial charge in [0.15, 0.2) is 0 Å². The fourth-order valence-corrected chi connectivity index (χ4v) is 1.44. The number of carbonyl (C=O) groups is 1. The van der Waals surface area contributed by atoms with Crippen molar-refractivity contribution in [1.82, 2.24) is 0 Å². The maximum atomic E-state index is 12.2. The number of hydrogen-bond acceptors (Lipinski definition) is 2. The van der Waals surface area contributed by atoms with Gasteiger partial charge in [0, 0.05) is 10.9 Å². The average molecular weight is 223 g/mol. The molecule has 0 bridgehead atoms. The van der Waals surface area contributed by atoms with Gasteiger partial charge in [0.1, 0.15) is 0 Å². The van der Waals surface area contributed by atoms with Crippen molar-refractivity contribution in [2.24, 2.45) is 0 Å². The van der Waals surface area contributed by atoms with E-state index in [4.69, 9.17) is 0 Å². The van der Waals surface area contributed by atoms with Crippen LogP contribution in [0.4, 0.5) is 4.39 Å². The molecule has 1 nitrogen and oxygen atoms in total. The maximum Gasteiger partial charge on any atom is 0.217 e. The van der Waals surface area contributed by atoms with E-state index in [1.54, 1.807) is 16.8 Å². The van der Waals surface area contributed by atoms with Gasteiger partial charge in [-0.15, -0.1) is 0 Å². The first-order chi connectivity index (χ1) is 4.72. The van der Waals surface area contributed by atoms with Crippen LogP contribution in [0.5, 0.6) is 0 Å². The molecule has 10 heavy (non-hydrogen) atoms. The predicted octanol–water partition coefficient (Wildman–Crippen LogP) is 2.62. The van der Waals surface area contributed by atoms with Crippen molar-refractivity contribution in [2.45, 2.75) is 5.08 Å². The zero-order valence-electron chi connectivity index (χ0n) is 4.88. The van der Waals surface area contributed by atoms with Crippen LogP contribution >= 0.6 is 27.3 Å². The molecule has 0 aliphatic heterocycles. The van der Waals surface area contributed by atoms with Crippen LogP contribution in [0.2, 0.25) is 0 Å². The summed E-state index contributed by atoms with van der Waals surface area (Å²) in [5.74, 6) is -0.513. The van der Waals surface area contributed by atoms with E-state index >= 15 is 0 Å². The summed E-state index contributed by atoms with van der Waals surface area (Å²) in [6.45, 7) is 0. The Hall–Kier alpha value is -0.220. The topological polar surface area (TPSA) is 17.1 Å². The Morgan fingerprint density at radius 3 is 2.90 bits per heavy atom. The van der Waals surface area contributed by atoms with Gasteiger partial charge < -0.3 is 0 Å². The van der Waals surface area contributed by atoms with Gasteiger partial charge in [0.05, 0.1) is 0 Å². The lowest BCUT2D eigenvalue weighted by Gasteiger charge is -1.93. The highest BCUT2D eigenvalue weighted by Gasteiger charge is 2.14. The molecule has 0 aromatic carbocycles. The minimum Gasteiger partial charge on any atom is -0.290 e. The van der Waals surface area contributed by atoms with E-state index in [2.05, 4.69) is 15.9 Å². The standard InChI is InChI=1S/C6H4BrFOS/c7-6(8)5(9)4-1-2-10-3-4/h1-3,6H. The summed E-state index contributed by atoms with van der Waals surface area (Å²) in [7, 11) is 0. The molecule has 1 rings (SSSR count). The lowest BCUT2D eigenvalue weighted by Crippen LogP contribution is -2.06. The number of ketones is 1. The van der Waals surface area contributed by atoms with Gasteiger partial charge in [0.2, 0.25) is 10.9 Å². The molecule has 1 unspecified atom stereocenters. The lowest BCUT2D eigenvalue weighted by molar-refractivity contribution is 0.0943. The minimum atomic E-state index is -1.57. The number of hydrogen-bond donors (Lipinski definition) is 0.